The molecular formula is C18H24BrN5O5S. The van der Waals surface area contributed by atoms with Gasteiger partial charge in [-0.25, -0.2) is 5.48 Å². The number of amides is 3. The number of nitrogens with two attached hydrogens (primary N) is 1. The number of allylic oxidation sites excluding steroid dienone is 2. The van der Waals surface area contributed by atoms with Gasteiger partial charge in [-0.1, -0.05) is 27.7 Å². The average Bonchev–Trinajstić information content (AvgIpc) is 3.02. The lowest BCUT2D eigenvalue weighted by Gasteiger charge is -2.16. The van der Waals surface area contributed by atoms with Crippen molar-refractivity contribution in [3.8, 4) is 0 Å². The van der Waals surface area contributed by atoms with Crippen LogP contribution in [0.3, 0.4) is 0 Å². The molecule has 1 aliphatic heterocycles. The van der Waals surface area contributed by atoms with Crippen molar-refractivity contribution < 1.29 is 24.0 Å². The summed E-state index contributed by atoms with van der Waals surface area (Å²) in [6.07, 6.45) is 0. The van der Waals surface area contributed by atoms with Gasteiger partial charge in [0.15, 0.2) is 5.50 Å². The largest absolute Gasteiger partial charge is 0.369 e. The number of rotatable bonds is 10. The zero-order chi connectivity index (χ0) is 22.1. The first-order valence-electron chi connectivity index (χ1n) is 8.99. The van der Waals surface area contributed by atoms with Crippen LogP contribution in [-0.4, -0.2) is 49.6 Å². The number of hydrogen-bond acceptors (Lipinski definition) is 8. The number of anilines is 1. The highest BCUT2D eigenvalue weighted by atomic mass is 79.9. The van der Waals surface area contributed by atoms with Gasteiger partial charge in [-0.2, -0.15) is 0 Å². The normalized spacial score (nSPS) is 15.5. The van der Waals surface area contributed by atoms with Crippen molar-refractivity contribution in [2.45, 2.75) is 19.3 Å². The lowest BCUT2D eigenvalue weighted by Crippen LogP contribution is -2.40. The van der Waals surface area contributed by atoms with E-state index in [-0.39, 0.29) is 37.8 Å². The Bertz CT molecular complexity index is 821. The van der Waals surface area contributed by atoms with Crippen LogP contribution in [0.2, 0.25) is 0 Å². The van der Waals surface area contributed by atoms with Gasteiger partial charge in [0.25, 0.3) is 11.8 Å². The van der Waals surface area contributed by atoms with E-state index < -0.39 is 11.8 Å². The number of hydrogen-bond donors (Lipinski definition) is 5. The van der Waals surface area contributed by atoms with Crippen LogP contribution in [0.15, 0.2) is 33.3 Å². The molecule has 0 aromatic heterocycles. The standard InChI is InChI=1S/C18H24BrN5O5S/c1-10-11(2)30-18(21-10)23-17(27)13-7-12(19)3-4-14(13)22-16(26)9-28-5-6-29-24-15(25)8-20/h3-4,7,18,21H,5-6,8-9,20H2,1-2H3,(H,22,26)(H,23,27)(H,24,25). The summed E-state index contributed by atoms with van der Waals surface area (Å²) in [4.78, 5) is 41.7. The molecule has 1 atom stereocenters. The van der Waals surface area contributed by atoms with Crippen LogP contribution in [0, 0.1) is 0 Å². The van der Waals surface area contributed by atoms with E-state index in [0.717, 1.165) is 10.6 Å². The number of benzene rings is 1. The van der Waals surface area contributed by atoms with Crippen LogP contribution in [0.25, 0.3) is 0 Å². The van der Waals surface area contributed by atoms with Gasteiger partial charge in [0.05, 0.1) is 31.0 Å². The predicted molar refractivity (Wildman–Crippen MR) is 117 cm³/mol. The highest BCUT2D eigenvalue weighted by Crippen LogP contribution is 2.28. The molecular weight excluding hydrogens is 478 g/mol. The Kier molecular flexibility index (Phi) is 9.59. The van der Waals surface area contributed by atoms with Crippen LogP contribution in [0.5, 0.6) is 0 Å². The molecule has 1 unspecified atom stereocenters. The summed E-state index contributed by atoms with van der Waals surface area (Å²) in [6, 6.07) is 4.98. The number of hydroxylamine groups is 1. The van der Waals surface area contributed by atoms with E-state index in [4.69, 9.17) is 15.3 Å². The maximum absolute atomic E-state index is 12.7. The molecule has 0 bridgehead atoms. The van der Waals surface area contributed by atoms with Crippen molar-refractivity contribution in [3.63, 3.8) is 0 Å². The molecule has 164 valence electrons. The van der Waals surface area contributed by atoms with Crippen molar-refractivity contribution in [1.29, 1.82) is 0 Å². The molecule has 1 aromatic rings. The molecule has 0 fully saturated rings. The fourth-order valence-electron chi connectivity index (χ4n) is 2.29. The zero-order valence-corrected chi connectivity index (χ0v) is 18.9. The van der Waals surface area contributed by atoms with Crippen molar-refractivity contribution >= 4 is 51.1 Å². The fraction of sp³-hybridized carbons (Fsp3) is 0.389. The second kappa shape index (κ2) is 11.9. The van der Waals surface area contributed by atoms with Crippen LogP contribution < -0.4 is 27.2 Å². The molecule has 0 aliphatic carbocycles. The third kappa shape index (κ3) is 7.61. The number of nitrogens with one attached hydrogen (secondary N) is 4. The van der Waals surface area contributed by atoms with Gasteiger partial charge >= 0.3 is 0 Å². The molecule has 0 spiro atoms. The number of carbonyl (C=O) groups excluding carboxylic acids is 3. The Hall–Kier alpha value is -2.12. The summed E-state index contributed by atoms with van der Waals surface area (Å²) in [5.74, 6) is -1.22. The van der Waals surface area contributed by atoms with Crippen molar-refractivity contribution in [2.24, 2.45) is 5.73 Å². The highest BCUT2D eigenvalue weighted by molar-refractivity contribution is 9.10. The third-order valence-corrected chi connectivity index (χ3v) is 5.49. The minimum Gasteiger partial charge on any atom is -0.369 e. The summed E-state index contributed by atoms with van der Waals surface area (Å²) in [5, 5.41) is 8.74. The first kappa shape index (κ1) is 24.2. The first-order chi connectivity index (χ1) is 14.3. The molecule has 6 N–H and O–H groups in total. The van der Waals surface area contributed by atoms with E-state index >= 15 is 0 Å². The SMILES string of the molecule is CC1=C(C)SC(NC(=O)c2cc(Br)ccc2NC(=O)COCCONC(=O)CN)N1. The summed E-state index contributed by atoms with van der Waals surface area (Å²) < 4.78 is 5.89. The number of thioether (sulfide) groups is 1. The number of ether oxygens (including phenoxy) is 1. The van der Waals surface area contributed by atoms with Gasteiger partial charge in [-0.3, -0.25) is 19.2 Å². The van der Waals surface area contributed by atoms with E-state index in [1.54, 1.807) is 18.2 Å². The molecule has 12 heteroatoms. The molecule has 0 saturated carbocycles. The molecule has 2 rings (SSSR count). The predicted octanol–water partition coefficient (Wildman–Crippen LogP) is 1.01. The quantitative estimate of drug-likeness (QED) is 0.236. The smallest absolute Gasteiger partial charge is 0.257 e. The molecule has 10 nitrogen and oxygen atoms in total. The fourth-order valence-corrected chi connectivity index (χ4v) is 3.65. The average molecular weight is 502 g/mol. The molecule has 3 amide bonds. The monoisotopic (exact) mass is 501 g/mol. The van der Waals surface area contributed by atoms with Crippen LogP contribution in [0.1, 0.15) is 24.2 Å². The molecule has 1 heterocycles. The van der Waals surface area contributed by atoms with E-state index in [1.165, 1.54) is 11.8 Å². The molecule has 0 radical (unpaired) electrons. The Labute approximate surface area is 186 Å². The van der Waals surface area contributed by atoms with Crippen LogP contribution in [0.4, 0.5) is 5.69 Å². The Balaban J connectivity index is 1.84. The maximum atomic E-state index is 12.7. The molecule has 1 aromatic carbocycles. The van der Waals surface area contributed by atoms with E-state index in [9.17, 15) is 14.4 Å². The third-order valence-electron chi connectivity index (χ3n) is 3.87. The van der Waals surface area contributed by atoms with Crippen molar-refractivity contribution in [2.75, 3.05) is 31.7 Å². The number of halogens is 1. The van der Waals surface area contributed by atoms with E-state index in [2.05, 4.69) is 37.4 Å². The zero-order valence-electron chi connectivity index (χ0n) is 16.5. The van der Waals surface area contributed by atoms with Gasteiger partial charge in [-0.05, 0) is 32.0 Å². The summed E-state index contributed by atoms with van der Waals surface area (Å²) in [5.41, 5.74) is 8.64. The van der Waals surface area contributed by atoms with Crippen LogP contribution >= 0.6 is 27.7 Å². The Morgan fingerprint density at radius 1 is 1.23 bits per heavy atom. The second-order valence-electron chi connectivity index (χ2n) is 6.17. The number of carbonyl (C=O) groups is 3. The van der Waals surface area contributed by atoms with Gasteiger partial charge in [0.2, 0.25) is 5.91 Å². The minimum absolute atomic E-state index is 0.0594. The van der Waals surface area contributed by atoms with Crippen molar-refractivity contribution in [1.82, 2.24) is 16.1 Å². The lowest BCUT2D eigenvalue weighted by atomic mass is 10.1. The molecule has 30 heavy (non-hydrogen) atoms. The summed E-state index contributed by atoms with van der Waals surface area (Å²) >= 11 is 4.86. The van der Waals surface area contributed by atoms with E-state index in [0.29, 0.717) is 15.7 Å². The second-order valence-corrected chi connectivity index (χ2v) is 8.40. The van der Waals surface area contributed by atoms with Crippen LogP contribution in [-0.2, 0) is 19.2 Å². The van der Waals surface area contributed by atoms with Gasteiger partial charge in [0, 0.05) is 15.1 Å². The lowest BCUT2D eigenvalue weighted by molar-refractivity contribution is -0.134. The molecule has 1 aliphatic rings. The Morgan fingerprint density at radius 2 is 2.00 bits per heavy atom. The topological polar surface area (TPSA) is 144 Å². The van der Waals surface area contributed by atoms with Gasteiger partial charge in [0.1, 0.15) is 6.61 Å². The first-order valence-corrected chi connectivity index (χ1v) is 10.7. The Morgan fingerprint density at radius 3 is 2.67 bits per heavy atom. The van der Waals surface area contributed by atoms with Crippen molar-refractivity contribution in [3.05, 3.63) is 38.8 Å². The van der Waals surface area contributed by atoms with Gasteiger partial charge < -0.3 is 26.4 Å². The maximum Gasteiger partial charge on any atom is 0.257 e. The summed E-state index contributed by atoms with van der Waals surface area (Å²) in [6.45, 7) is 3.63. The highest BCUT2D eigenvalue weighted by Gasteiger charge is 2.23. The minimum atomic E-state index is -0.457. The molecule has 0 saturated heterocycles. The van der Waals surface area contributed by atoms with E-state index in [1.807, 2.05) is 13.8 Å². The van der Waals surface area contributed by atoms with Gasteiger partial charge in [-0.15, -0.1) is 0 Å². The summed E-state index contributed by atoms with van der Waals surface area (Å²) in [7, 11) is 0.